The molecule has 3 rings (SSSR count). The summed E-state index contributed by atoms with van der Waals surface area (Å²) in [5.74, 6) is 1.13. The number of hydrogen-bond donors (Lipinski definition) is 4. The number of carbonyl (C=O) groups is 1. The van der Waals surface area contributed by atoms with E-state index in [-0.39, 0.29) is 5.82 Å². The number of rotatable bonds is 7. The van der Waals surface area contributed by atoms with Crippen molar-refractivity contribution >= 4 is 38.9 Å². The first-order valence-corrected chi connectivity index (χ1v) is 11.1. The van der Waals surface area contributed by atoms with Gasteiger partial charge in [-0.15, -0.1) is 0 Å². The van der Waals surface area contributed by atoms with Gasteiger partial charge in [0.1, 0.15) is 0 Å². The summed E-state index contributed by atoms with van der Waals surface area (Å²) < 4.78 is 30.1. The maximum absolute atomic E-state index is 12.2. The van der Waals surface area contributed by atoms with Crippen LogP contribution >= 0.6 is 0 Å². The monoisotopic (exact) mass is 442 g/mol. The normalized spacial score (nSPS) is 10.9. The Bertz CT molecular complexity index is 1170. The van der Waals surface area contributed by atoms with E-state index >= 15 is 0 Å². The van der Waals surface area contributed by atoms with Crippen molar-refractivity contribution in [3.8, 4) is 17.1 Å². The van der Waals surface area contributed by atoms with Gasteiger partial charge in [-0.05, 0) is 55.5 Å². The highest BCUT2D eigenvalue weighted by molar-refractivity contribution is 7.92. The molecule has 0 aliphatic heterocycles. The van der Waals surface area contributed by atoms with Crippen LogP contribution in [0.2, 0.25) is 0 Å². The Balaban J connectivity index is 1.60. The molecular formula is C20H22N6O4S. The second-order valence-corrected chi connectivity index (χ2v) is 8.23. The minimum Gasteiger partial charge on any atom is -0.488 e. The lowest BCUT2D eigenvalue weighted by atomic mass is 10.2. The van der Waals surface area contributed by atoms with Gasteiger partial charge in [0.25, 0.3) is 0 Å². The second kappa shape index (κ2) is 9.30. The maximum atomic E-state index is 12.2. The third-order valence-electron chi connectivity index (χ3n) is 3.93. The van der Waals surface area contributed by atoms with E-state index < -0.39 is 16.1 Å². The van der Waals surface area contributed by atoms with Crippen LogP contribution in [0.3, 0.4) is 0 Å². The Morgan fingerprint density at radius 2 is 1.55 bits per heavy atom. The Morgan fingerprint density at radius 3 is 2.06 bits per heavy atom. The van der Waals surface area contributed by atoms with Crippen molar-refractivity contribution in [1.29, 1.82) is 0 Å². The number of ether oxygens (including phenoxy) is 1. The number of nitrogens with two attached hydrogens (primary N) is 1. The van der Waals surface area contributed by atoms with E-state index in [0.717, 1.165) is 11.8 Å². The molecule has 3 aromatic rings. The molecule has 0 radical (unpaired) electrons. The number of nitrogens with zero attached hydrogens (tertiary/aromatic N) is 2. The fourth-order valence-corrected chi connectivity index (χ4v) is 3.19. The number of hydrogen-bond acceptors (Lipinski definition) is 7. The summed E-state index contributed by atoms with van der Waals surface area (Å²) in [5.41, 5.74) is 8.08. The predicted molar refractivity (Wildman–Crippen MR) is 121 cm³/mol. The molecule has 0 saturated carbocycles. The van der Waals surface area contributed by atoms with Crippen LogP contribution in [-0.4, -0.2) is 37.3 Å². The minimum absolute atomic E-state index is 0.256. The van der Waals surface area contributed by atoms with E-state index in [9.17, 15) is 13.2 Å². The number of nitrogen functional groups attached to an aromatic ring is 1. The number of amides is 2. The molecule has 11 heteroatoms. The SMILES string of the molecule is CCOc1cnc(-c2ccc(NC(=O)Nc3ccc(NS(C)(=O)=O)cc3)cc2)nc1N. The molecule has 162 valence electrons. The highest BCUT2D eigenvalue weighted by atomic mass is 32.2. The Hall–Kier alpha value is -3.86. The van der Waals surface area contributed by atoms with Gasteiger partial charge in [-0.25, -0.2) is 23.2 Å². The van der Waals surface area contributed by atoms with Gasteiger partial charge in [0.15, 0.2) is 17.4 Å². The van der Waals surface area contributed by atoms with Crippen LogP contribution in [0.4, 0.5) is 27.7 Å². The molecule has 0 aliphatic carbocycles. The summed E-state index contributed by atoms with van der Waals surface area (Å²) in [6.45, 7) is 2.32. The Labute approximate surface area is 179 Å². The third kappa shape index (κ3) is 6.31. The topological polar surface area (TPSA) is 148 Å². The van der Waals surface area contributed by atoms with Crippen LogP contribution in [0.15, 0.2) is 54.7 Å². The lowest BCUT2D eigenvalue weighted by molar-refractivity contribution is 0.262. The van der Waals surface area contributed by atoms with Crippen molar-refractivity contribution in [1.82, 2.24) is 9.97 Å². The summed E-state index contributed by atoms with van der Waals surface area (Å²) >= 11 is 0. The highest BCUT2D eigenvalue weighted by Crippen LogP contribution is 2.23. The Kier molecular flexibility index (Phi) is 6.55. The molecule has 0 bridgehead atoms. The number of benzene rings is 2. The zero-order chi connectivity index (χ0) is 22.4. The van der Waals surface area contributed by atoms with Crippen LogP contribution in [0.25, 0.3) is 11.4 Å². The first-order chi connectivity index (χ1) is 14.7. The second-order valence-electron chi connectivity index (χ2n) is 6.48. The summed E-state index contributed by atoms with van der Waals surface area (Å²) in [6, 6.07) is 12.8. The van der Waals surface area contributed by atoms with Crippen molar-refractivity contribution in [3.05, 3.63) is 54.7 Å². The summed E-state index contributed by atoms with van der Waals surface area (Å²) in [5, 5.41) is 5.38. The van der Waals surface area contributed by atoms with Crippen molar-refractivity contribution in [3.63, 3.8) is 0 Å². The van der Waals surface area contributed by atoms with Gasteiger partial charge in [0.2, 0.25) is 10.0 Å². The first kappa shape index (κ1) is 21.8. The van der Waals surface area contributed by atoms with Crippen LogP contribution < -0.4 is 25.8 Å². The van der Waals surface area contributed by atoms with Crippen LogP contribution in [0.5, 0.6) is 5.75 Å². The van der Waals surface area contributed by atoms with Gasteiger partial charge < -0.3 is 21.1 Å². The van der Waals surface area contributed by atoms with Crippen LogP contribution in [-0.2, 0) is 10.0 Å². The Morgan fingerprint density at radius 1 is 1.00 bits per heavy atom. The zero-order valence-corrected chi connectivity index (χ0v) is 17.7. The van der Waals surface area contributed by atoms with E-state index in [1.54, 1.807) is 48.5 Å². The molecule has 0 spiro atoms. The molecule has 0 saturated heterocycles. The molecule has 10 nitrogen and oxygen atoms in total. The van der Waals surface area contributed by atoms with E-state index in [2.05, 4.69) is 25.3 Å². The van der Waals surface area contributed by atoms with E-state index in [1.165, 1.54) is 6.20 Å². The molecule has 0 aliphatic rings. The van der Waals surface area contributed by atoms with E-state index in [4.69, 9.17) is 10.5 Å². The summed E-state index contributed by atoms with van der Waals surface area (Å²) in [7, 11) is -3.36. The van der Waals surface area contributed by atoms with E-state index in [0.29, 0.717) is 35.2 Å². The molecule has 0 unspecified atom stereocenters. The van der Waals surface area contributed by atoms with Crippen LogP contribution in [0, 0.1) is 0 Å². The quantitative estimate of drug-likeness (QED) is 0.439. The number of aromatic nitrogens is 2. The standard InChI is InChI=1S/C20H22N6O4S/c1-3-30-17-12-22-19(25-18(17)21)13-4-6-14(7-5-13)23-20(27)24-15-8-10-16(11-9-15)26-31(2,28)29/h4-12,26H,3H2,1-2H3,(H2,21,22,25)(H2,23,24,27). The number of carbonyl (C=O) groups excluding carboxylic acids is 1. The predicted octanol–water partition coefficient (Wildman–Crippen LogP) is 3.14. The largest absolute Gasteiger partial charge is 0.488 e. The highest BCUT2D eigenvalue weighted by Gasteiger charge is 2.08. The van der Waals surface area contributed by atoms with Gasteiger partial charge in [-0.2, -0.15) is 0 Å². The number of sulfonamides is 1. The van der Waals surface area contributed by atoms with Crippen molar-refractivity contribution in [2.75, 3.05) is 34.0 Å². The van der Waals surface area contributed by atoms with Gasteiger partial charge in [0.05, 0.1) is 19.1 Å². The van der Waals surface area contributed by atoms with Gasteiger partial charge in [0, 0.05) is 22.6 Å². The molecule has 1 heterocycles. The van der Waals surface area contributed by atoms with Gasteiger partial charge >= 0.3 is 6.03 Å². The number of anilines is 4. The molecule has 1 aromatic heterocycles. The average Bonchev–Trinajstić information content (AvgIpc) is 2.71. The molecule has 2 amide bonds. The summed E-state index contributed by atoms with van der Waals surface area (Å²) in [6.07, 6.45) is 2.59. The van der Waals surface area contributed by atoms with Gasteiger partial charge in [-0.1, -0.05) is 0 Å². The van der Waals surface area contributed by atoms with Crippen molar-refractivity contribution in [2.45, 2.75) is 6.92 Å². The fourth-order valence-electron chi connectivity index (χ4n) is 2.62. The van der Waals surface area contributed by atoms with Crippen molar-refractivity contribution in [2.24, 2.45) is 0 Å². The number of nitrogens with one attached hydrogen (secondary N) is 3. The lowest BCUT2D eigenvalue weighted by Gasteiger charge is -2.10. The smallest absolute Gasteiger partial charge is 0.323 e. The molecule has 0 fully saturated rings. The van der Waals surface area contributed by atoms with E-state index in [1.807, 2.05) is 6.92 Å². The molecule has 31 heavy (non-hydrogen) atoms. The fraction of sp³-hybridized carbons (Fsp3) is 0.150. The lowest BCUT2D eigenvalue weighted by Crippen LogP contribution is -2.19. The minimum atomic E-state index is -3.36. The molecule has 5 N–H and O–H groups in total. The van der Waals surface area contributed by atoms with Gasteiger partial charge in [-0.3, -0.25) is 4.72 Å². The average molecular weight is 443 g/mol. The van der Waals surface area contributed by atoms with Crippen molar-refractivity contribution < 1.29 is 17.9 Å². The summed E-state index contributed by atoms with van der Waals surface area (Å²) in [4.78, 5) is 20.7. The first-order valence-electron chi connectivity index (χ1n) is 9.25. The number of urea groups is 1. The van der Waals surface area contributed by atoms with Crippen LogP contribution in [0.1, 0.15) is 6.92 Å². The molecule has 2 aromatic carbocycles. The molecule has 0 atom stereocenters. The molecular weight excluding hydrogens is 420 g/mol. The zero-order valence-electron chi connectivity index (χ0n) is 16.9. The maximum Gasteiger partial charge on any atom is 0.323 e. The third-order valence-corrected chi connectivity index (χ3v) is 4.54.